The van der Waals surface area contributed by atoms with Crippen LogP contribution < -0.4 is 0 Å². The molecule has 0 nitrogen and oxygen atoms in total. The van der Waals surface area contributed by atoms with Crippen LogP contribution in [0.2, 0.25) is 0 Å². The summed E-state index contributed by atoms with van der Waals surface area (Å²) in [5.74, 6) is 0. The van der Waals surface area contributed by atoms with Crippen LogP contribution in [0.5, 0.6) is 0 Å². The monoisotopic (exact) mass is 256 g/mol. The molecule has 0 saturated carbocycles. The standard InChI is InChI=1S/C10H12.C7H10.C2H6/c1-5-8-10(7-3)9(4)6-2;1-4-6-7(3)5-2;1-2/h5-8H,1-4H2;4-6H,1-2H2,3H3;1-2H3/b10-8-;7-6-;. The Labute approximate surface area is 120 Å². The maximum Gasteiger partial charge on any atom is -0.0196 e. The summed E-state index contributed by atoms with van der Waals surface area (Å²) in [5.41, 5.74) is 2.98. The van der Waals surface area contributed by atoms with Crippen molar-refractivity contribution in [3.05, 3.63) is 98.7 Å². The van der Waals surface area contributed by atoms with Gasteiger partial charge in [0.2, 0.25) is 0 Å². The van der Waals surface area contributed by atoms with Gasteiger partial charge >= 0.3 is 0 Å². The smallest absolute Gasteiger partial charge is 0.0196 e. The molecule has 0 heteroatoms. The third-order valence-corrected chi connectivity index (χ3v) is 1.84. The maximum absolute atomic E-state index is 3.76. The summed E-state index contributed by atoms with van der Waals surface area (Å²) in [5, 5.41) is 0. The zero-order valence-corrected chi connectivity index (χ0v) is 12.8. The van der Waals surface area contributed by atoms with Crippen LogP contribution in [0.15, 0.2) is 98.7 Å². The van der Waals surface area contributed by atoms with Gasteiger partial charge in [0.15, 0.2) is 0 Å². The average molecular weight is 256 g/mol. The first-order valence-electron chi connectivity index (χ1n) is 6.25. The van der Waals surface area contributed by atoms with Crippen molar-refractivity contribution in [2.75, 3.05) is 0 Å². The topological polar surface area (TPSA) is 0 Å². The van der Waals surface area contributed by atoms with E-state index in [2.05, 4.69) is 39.5 Å². The quantitative estimate of drug-likeness (QED) is 0.485. The molecule has 0 amide bonds. The van der Waals surface area contributed by atoms with E-state index in [9.17, 15) is 0 Å². The zero-order chi connectivity index (χ0) is 15.7. The molecule has 0 spiro atoms. The summed E-state index contributed by atoms with van der Waals surface area (Å²) < 4.78 is 0. The molecule has 0 bridgehead atoms. The summed E-state index contributed by atoms with van der Waals surface area (Å²) in [6.45, 7) is 27.6. The van der Waals surface area contributed by atoms with Gasteiger partial charge in [0.05, 0.1) is 0 Å². The highest BCUT2D eigenvalue weighted by Crippen LogP contribution is 2.08. The fourth-order valence-electron chi connectivity index (χ4n) is 0.805. The lowest BCUT2D eigenvalue weighted by molar-refractivity contribution is 1.50. The van der Waals surface area contributed by atoms with E-state index in [0.717, 1.165) is 16.7 Å². The van der Waals surface area contributed by atoms with Gasteiger partial charge in [-0.1, -0.05) is 101 Å². The number of allylic oxidation sites excluding steroid dienone is 10. The Morgan fingerprint density at radius 1 is 0.737 bits per heavy atom. The normalized spacial score (nSPS) is 9.63. The Morgan fingerprint density at radius 2 is 1.21 bits per heavy atom. The van der Waals surface area contributed by atoms with Crippen molar-refractivity contribution in [3.8, 4) is 0 Å². The predicted molar refractivity (Wildman–Crippen MR) is 93.3 cm³/mol. The molecule has 0 aliphatic rings. The van der Waals surface area contributed by atoms with Gasteiger partial charge in [-0.05, 0) is 18.1 Å². The largest absolute Gasteiger partial charge is 0.0991 e. The molecular formula is C19H28. The molecule has 0 aromatic carbocycles. The van der Waals surface area contributed by atoms with Crippen LogP contribution in [0.25, 0.3) is 0 Å². The SMILES string of the molecule is C=C/C=C(/C)C=C.C=C/C=C(/C=C)C(=C)C=C.CC. The van der Waals surface area contributed by atoms with Gasteiger partial charge < -0.3 is 0 Å². The lowest BCUT2D eigenvalue weighted by atomic mass is 10.1. The summed E-state index contributed by atoms with van der Waals surface area (Å²) in [4.78, 5) is 0. The highest BCUT2D eigenvalue weighted by molar-refractivity contribution is 5.44. The van der Waals surface area contributed by atoms with Crippen molar-refractivity contribution in [2.45, 2.75) is 20.8 Å². The van der Waals surface area contributed by atoms with E-state index >= 15 is 0 Å². The molecule has 0 aliphatic carbocycles. The third kappa shape index (κ3) is 15.9. The molecule has 0 atom stereocenters. The van der Waals surface area contributed by atoms with Gasteiger partial charge in [-0.2, -0.15) is 0 Å². The average Bonchev–Trinajstić information content (AvgIpc) is 2.46. The Kier molecular flexibility index (Phi) is 21.3. The molecule has 0 rings (SSSR count). The van der Waals surface area contributed by atoms with Crippen molar-refractivity contribution < 1.29 is 0 Å². The molecule has 0 unspecified atom stereocenters. The van der Waals surface area contributed by atoms with Crippen LogP contribution in [0, 0.1) is 0 Å². The van der Waals surface area contributed by atoms with E-state index in [1.54, 1.807) is 30.4 Å². The second kappa shape index (κ2) is 18.3. The maximum atomic E-state index is 3.76. The lowest BCUT2D eigenvalue weighted by Gasteiger charge is -1.96. The molecule has 0 saturated heterocycles. The molecule has 19 heavy (non-hydrogen) atoms. The Balaban J connectivity index is -0.000000249. The summed E-state index contributed by atoms with van der Waals surface area (Å²) in [7, 11) is 0. The van der Waals surface area contributed by atoms with Crippen LogP contribution in [-0.2, 0) is 0 Å². The summed E-state index contributed by atoms with van der Waals surface area (Å²) in [6.07, 6.45) is 12.4. The van der Waals surface area contributed by atoms with E-state index < -0.39 is 0 Å². The Hall–Kier alpha value is -2.08. The first-order valence-corrected chi connectivity index (χ1v) is 6.25. The molecule has 0 fully saturated rings. The van der Waals surface area contributed by atoms with Gasteiger partial charge in [0.25, 0.3) is 0 Å². The molecule has 0 aromatic rings. The van der Waals surface area contributed by atoms with Gasteiger partial charge in [-0.3, -0.25) is 0 Å². The summed E-state index contributed by atoms with van der Waals surface area (Å²) >= 11 is 0. The number of rotatable bonds is 6. The van der Waals surface area contributed by atoms with Crippen LogP contribution in [0.3, 0.4) is 0 Å². The van der Waals surface area contributed by atoms with Crippen molar-refractivity contribution in [3.63, 3.8) is 0 Å². The third-order valence-electron chi connectivity index (χ3n) is 1.84. The van der Waals surface area contributed by atoms with E-state index in [-0.39, 0.29) is 0 Å². The Morgan fingerprint density at radius 3 is 1.42 bits per heavy atom. The molecule has 0 aliphatic heterocycles. The predicted octanol–water partition coefficient (Wildman–Crippen LogP) is 6.36. The van der Waals surface area contributed by atoms with E-state index in [1.807, 2.05) is 32.9 Å². The minimum absolute atomic E-state index is 0.870. The molecule has 0 heterocycles. The first-order chi connectivity index (χ1) is 9.06. The highest BCUT2D eigenvalue weighted by Gasteiger charge is 1.89. The van der Waals surface area contributed by atoms with Crippen molar-refractivity contribution in [1.29, 1.82) is 0 Å². The van der Waals surface area contributed by atoms with E-state index in [4.69, 9.17) is 0 Å². The van der Waals surface area contributed by atoms with Crippen LogP contribution in [0.4, 0.5) is 0 Å². The van der Waals surface area contributed by atoms with Gasteiger partial charge in [0.1, 0.15) is 0 Å². The Bertz CT molecular complexity index is 359. The minimum Gasteiger partial charge on any atom is -0.0991 e. The fraction of sp³-hybridized carbons (Fsp3) is 0.158. The molecule has 0 N–H and O–H groups in total. The summed E-state index contributed by atoms with van der Waals surface area (Å²) in [6, 6.07) is 0. The number of hydrogen-bond donors (Lipinski definition) is 0. The minimum atomic E-state index is 0.870. The van der Waals surface area contributed by atoms with Crippen molar-refractivity contribution in [2.24, 2.45) is 0 Å². The molecule has 0 radical (unpaired) electrons. The number of hydrogen-bond acceptors (Lipinski definition) is 0. The molecule has 0 aromatic heterocycles. The van der Waals surface area contributed by atoms with E-state index in [1.165, 1.54) is 0 Å². The zero-order valence-electron chi connectivity index (χ0n) is 12.8. The van der Waals surface area contributed by atoms with Crippen LogP contribution in [0.1, 0.15) is 20.8 Å². The molecular weight excluding hydrogens is 228 g/mol. The van der Waals surface area contributed by atoms with Crippen LogP contribution in [-0.4, -0.2) is 0 Å². The molecule has 104 valence electrons. The van der Waals surface area contributed by atoms with Crippen LogP contribution >= 0.6 is 0 Å². The second-order valence-corrected chi connectivity index (χ2v) is 3.14. The lowest BCUT2D eigenvalue weighted by Crippen LogP contribution is -1.77. The van der Waals surface area contributed by atoms with Gasteiger partial charge in [-0.25, -0.2) is 0 Å². The van der Waals surface area contributed by atoms with Crippen molar-refractivity contribution in [1.82, 2.24) is 0 Å². The second-order valence-electron chi connectivity index (χ2n) is 3.14. The van der Waals surface area contributed by atoms with Gasteiger partial charge in [-0.15, -0.1) is 0 Å². The van der Waals surface area contributed by atoms with Gasteiger partial charge in [0, 0.05) is 0 Å². The van der Waals surface area contributed by atoms with E-state index in [0.29, 0.717) is 0 Å². The fourth-order valence-corrected chi connectivity index (χ4v) is 0.805. The van der Waals surface area contributed by atoms with Crippen molar-refractivity contribution >= 4 is 0 Å². The highest BCUT2D eigenvalue weighted by atomic mass is 13.9. The first kappa shape index (κ1) is 22.1.